The first-order valence-electron chi connectivity index (χ1n) is 4.53. The van der Waals surface area contributed by atoms with Gasteiger partial charge >= 0.3 is 5.97 Å². The fourth-order valence-electron chi connectivity index (χ4n) is 1.60. The van der Waals surface area contributed by atoms with Gasteiger partial charge in [-0.1, -0.05) is 17.7 Å². The second-order valence-electron chi connectivity index (χ2n) is 3.45. The van der Waals surface area contributed by atoms with Crippen LogP contribution in [-0.4, -0.2) is 21.4 Å². The Kier molecular flexibility index (Phi) is 2.44. The molecule has 0 aliphatic carbocycles. The summed E-state index contributed by atoms with van der Waals surface area (Å²) in [4.78, 5) is 21.8. The van der Waals surface area contributed by atoms with Crippen LogP contribution in [0.25, 0.3) is 10.9 Å². The van der Waals surface area contributed by atoms with E-state index in [0.29, 0.717) is 5.02 Å². The number of aromatic nitrogens is 1. The molecule has 0 unspecified atom stereocenters. The minimum atomic E-state index is -1.46. The Bertz CT molecular complexity index is 601. The maximum atomic E-state index is 11.3. The number of carbonyl (C=O) groups is 2. The first-order chi connectivity index (χ1) is 7.50. The first kappa shape index (κ1) is 10.7. The maximum absolute atomic E-state index is 11.3. The third-order valence-electron chi connectivity index (χ3n) is 2.40. The van der Waals surface area contributed by atoms with E-state index in [4.69, 9.17) is 16.7 Å². The summed E-state index contributed by atoms with van der Waals surface area (Å²) >= 11 is 5.95. The highest BCUT2D eigenvalue weighted by molar-refractivity contribution is 6.40. The molecule has 0 saturated carbocycles. The van der Waals surface area contributed by atoms with E-state index in [1.165, 1.54) is 12.1 Å². The minimum Gasteiger partial charge on any atom is -0.475 e. The highest BCUT2D eigenvalue weighted by Crippen LogP contribution is 2.25. The molecule has 0 atom stereocenters. The van der Waals surface area contributed by atoms with Crippen molar-refractivity contribution in [2.45, 2.75) is 0 Å². The topological polar surface area (TPSA) is 59.3 Å². The molecule has 0 fully saturated rings. The summed E-state index contributed by atoms with van der Waals surface area (Å²) in [5.74, 6) is -2.38. The number of halogens is 1. The van der Waals surface area contributed by atoms with Crippen LogP contribution < -0.4 is 0 Å². The Hall–Kier alpha value is -1.81. The van der Waals surface area contributed by atoms with E-state index in [-0.39, 0.29) is 5.56 Å². The highest BCUT2D eigenvalue weighted by atomic mass is 35.5. The summed E-state index contributed by atoms with van der Waals surface area (Å²) in [6.45, 7) is 0. The molecule has 1 N–H and O–H groups in total. The van der Waals surface area contributed by atoms with Gasteiger partial charge in [0.1, 0.15) is 0 Å². The number of ketones is 1. The molecular formula is C11H8ClNO3. The number of nitrogens with zero attached hydrogens (tertiary/aromatic N) is 1. The van der Waals surface area contributed by atoms with Crippen molar-refractivity contribution in [1.82, 2.24) is 4.57 Å². The van der Waals surface area contributed by atoms with Gasteiger partial charge in [-0.05, 0) is 12.1 Å². The van der Waals surface area contributed by atoms with Crippen LogP contribution in [0.4, 0.5) is 0 Å². The van der Waals surface area contributed by atoms with Gasteiger partial charge in [0.2, 0.25) is 0 Å². The average Bonchev–Trinajstić information content (AvgIpc) is 2.53. The number of benzene rings is 1. The summed E-state index contributed by atoms with van der Waals surface area (Å²) < 4.78 is 1.75. The van der Waals surface area contributed by atoms with Gasteiger partial charge < -0.3 is 9.67 Å². The molecule has 0 spiro atoms. The molecule has 0 saturated heterocycles. The van der Waals surface area contributed by atoms with E-state index in [9.17, 15) is 9.59 Å². The van der Waals surface area contributed by atoms with Gasteiger partial charge in [0.05, 0.1) is 10.5 Å². The summed E-state index contributed by atoms with van der Waals surface area (Å²) in [6.07, 6.45) is 1.71. The van der Waals surface area contributed by atoms with Crippen LogP contribution in [-0.2, 0) is 11.8 Å². The van der Waals surface area contributed by atoms with Crippen LogP contribution >= 0.6 is 11.6 Å². The van der Waals surface area contributed by atoms with Gasteiger partial charge in [0, 0.05) is 24.2 Å². The van der Waals surface area contributed by atoms with Gasteiger partial charge in [0.25, 0.3) is 5.78 Å². The third kappa shape index (κ3) is 1.57. The lowest BCUT2D eigenvalue weighted by atomic mass is 10.1. The second kappa shape index (κ2) is 3.64. The summed E-state index contributed by atoms with van der Waals surface area (Å²) in [5.41, 5.74) is 0.884. The number of aliphatic carboxylic acids is 1. The molecule has 82 valence electrons. The van der Waals surface area contributed by atoms with Gasteiger partial charge in [-0.15, -0.1) is 0 Å². The number of carboxylic acids is 1. The molecular weight excluding hydrogens is 230 g/mol. The van der Waals surface area contributed by atoms with Crippen LogP contribution in [0, 0.1) is 0 Å². The standard InChI is InChI=1S/C11H8ClNO3/c1-13-5-8(12)7-3-2-6(4-9(7)13)10(14)11(15)16/h2-5H,1H3,(H,15,16). The maximum Gasteiger partial charge on any atom is 0.377 e. The lowest BCUT2D eigenvalue weighted by Gasteiger charge is -1.99. The minimum absolute atomic E-state index is 0.151. The zero-order chi connectivity index (χ0) is 11.9. The molecule has 0 aliphatic heterocycles. The normalized spacial score (nSPS) is 10.6. The smallest absolute Gasteiger partial charge is 0.377 e. The van der Waals surface area contributed by atoms with Crippen molar-refractivity contribution in [3.63, 3.8) is 0 Å². The molecule has 1 heterocycles. The van der Waals surface area contributed by atoms with Crippen molar-refractivity contribution < 1.29 is 14.7 Å². The second-order valence-corrected chi connectivity index (χ2v) is 3.86. The average molecular weight is 238 g/mol. The van der Waals surface area contributed by atoms with E-state index < -0.39 is 11.8 Å². The van der Waals surface area contributed by atoms with Gasteiger partial charge in [-0.2, -0.15) is 0 Å². The Balaban J connectivity index is 2.64. The Morgan fingerprint density at radius 3 is 2.69 bits per heavy atom. The van der Waals surface area contributed by atoms with Gasteiger partial charge in [-0.3, -0.25) is 4.79 Å². The monoisotopic (exact) mass is 237 g/mol. The first-order valence-corrected chi connectivity index (χ1v) is 4.90. The fourth-order valence-corrected chi connectivity index (χ4v) is 1.91. The van der Waals surface area contributed by atoms with Crippen LogP contribution in [0.15, 0.2) is 24.4 Å². The molecule has 0 aliphatic rings. The number of hydrogen-bond donors (Lipinski definition) is 1. The van der Waals surface area contributed by atoms with E-state index in [0.717, 1.165) is 10.9 Å². The summed E-state index contributed by atoms with van der Waals surface area (Å²) in [6, 6.07) is 4.64. The molecule has 2 aromatic rings. The van der Waals surface area contributed by atoms with Crippen LogP contribution in [0.1, 0.15) is 10.4 Å². The van der Waals surface area contributed by atoms with E-state index in [1.54, 1.807) is 23.9 Å². The van der Waals surface area contributed by atoms with Crippen molar-refractivity contribution >= 4 is 34.3 Å². The molecule has 5 heteroatoms. The van der Waals surface area contributed by atoms with Crippen molar-refractivity contribution in [3.05, 3.63) is 35.0 Å². The predicted octanol–water partition coefficient (Wildman–Crippen LogP) is 2.10. The third-order valence-corrected chi connectivity index (χ3v) is 2.70. The molecule has 0 bridgehead atoms. The van der Waals surface area contributed by atoms with E-state index in [1.807, 2.05) is 0 Å². The van der Waals surface area contributed by atoms with Crippen molar-refractivity contribution in [3.8, 4) is 0 Å². The molecule has 1 aromatic heterocycles. The number of rotatable bonds is 2. The number of Topliss-reactive ketones (excluding diaryl/α,β-unsaturated/α-hetero) is 1. The quantitative estimate of drug-likeness (QED) is 0.643. The number of fused-ring (bicyclic) bond motifs is 1. The largest absolute Gasteiger partial charge is 0.475 e. The zero-order valence-electron chi connectivity index (χ0n) is 8.40. The molecule has 16 heavy (non-hydrogen) atoms. The SMILES string of the molecule is Cn1cc(Cl)c2ccc(C(=O)C(=O)O)cc21. The summed E-state index contributed by atoms with van der Waals surface area (Å²) in [5, 5.41) is 9.97. The lowest BCUT2D eigenvalue weighted by Crippen LogP contribution is -2.12. The van der Waals surface area contributed by atoms with E-state index in [2.05, 4.69) is 0 Å². The van der Waals surface area contributed by atoms with Gasteiger partial charge in [0.15, 0.2) is 0 Å². The van der Waals surface area contributed by atoms with Crippen molar-refractivity contribution in [2.24, 2.45) is 7.05 Å². The Morgan fingerprint density at radius 1 is 1.38 bits per heavy atom. The fraction of sp³-hybridized carbons (Fsp3) is 0.0909. The molecule has 1 aromatic carbocycles. The van der Waals surface area contributed by atoms with E-state index >= 15 is 0 Å². The predicted molar refractivity (Wildman–Crippen MR) is 59.9 cm³/mol. The Morgan fingerprint density at radius 2 is 2.06 bits per heavy atom. The Labute approximate surface area is 96.0 Å². The van der Waals surface area contributed by atoms with Gasteiger partial charge in [-0.25, -0.2) is 4.79 Å². The van der Waals surface area contributed by atoms with Crippen molar-refractivity contribution in [1.29, 1.82) is 0 Å². The number of aryl methyl sites for hydroxylation is 1. The number of carbonyl (C=O) groups excluding carboxylic acids is 1. The number of hydrogen-bond acceptors (Lipinski definition) is 2. The molecule has 0 radical (unpaired) electrons. The van der Waals surface area contributed by atoms with Crippen LogP contribution in [0.3, 0.4) is 0 Å². The summed E-state index contributed by atoms with van der Waals surface area (Å²) in [7, 11) is 1.78. The van der Waals surface area contributed by atoms with Crippen LogP contribution in [0.2, 0.25) is 5.02 Å². The highest BCUT2D eigenvalue weighted by Gasteiger charge is 2.16. The lowest BCUT2D eigenvalue weighted by molar-refractivity contribution is -0.131. The molecule has 0 amide bonds. The number of carboxylic acid groups (broad SMARTS) is 1. The molecule has 2 rings (SSSR count). The van der Waals surface area contributed by atoms with Crippen LogP contribution in [0.5, 0.6) is 0 Å². The molecule has 4 nitrogen and oxygen atoms in total. The van der Waals surface area contributed by atoms with Crippen molar-refractivity contribution in [2.75, 3.05) is 0 Å². The zero-order valence-corrected chi connectivity index (χ0v) is 9.15.